The Labute approximate surface area is 154 Å². The molecule has 130 valence electrons. The fourth-order valence-electron chi connectivity index (χ4n) is 2.80. The smallest absolute Gasteiger partial charge is 0.225 e. The van der Waals surface area contributed by atoms with Crippen molar-refractivity contribution in [2.24, 2.45) is 11.7 Å². The van der Waals surface area contributed by atoms with E-state index in [0.717, 1.165) is 26.1 Å². The van der Waals surface area contributed by atoms with Gasteiger partial charge in [0.05, 0.1) is 15.7 Å². The Morgan fingerprint density at radius 2 is 2.09 bits per heavy atom. The van der Waals surface area contributed by atoms with E-state index in [-0.39, 0.29) is 24.4 Å². The lowest BCUT2D eigenvalue weighted by molar-refractivity contribution is -0.116. The second kappa shape index (κ2) is 9.70. The number of amides is 1. The van der Waals surface area contributed by atoms with Gasteiger partial charge in [-0.1, -0.05) is 29.3 Å². The highest BCUT2D eigenvalue weighted by molar-refractivity contribution is 6.39. The molecular weight excluding hydrogens is 357 g/mol. The number of piperidine rings is 1. The van der Waals surface area contributed by atoms with E-state index in [0.29, 0.717) is 28.1 Å². The minimum absolute atomic E-state index is 0. The first-order valence-corrected chi connectivity index (χ1v) is 8.44. The normalized spacial score (nSPS) is 19.7. The highest BCUT2D eigenvalue weighted by atomic mass is 35.5. The monoisotopic (exact) mass is 379 g/mol. The van der Waals surface area contributed by atoms with Gasteiger partial charge < -0.3 is 16.0 Å². The lowest BCUT2D eigenvalue weighted by atomic mass is 9.92. The van der Waals surface area contributed by atoms with Crippen LogP contribution in [0.2, 0.25) is 10.0 Å². The van der Waals surface area contributed by atoms with Crippen LogP contribution >= 0.6 is 35.6 Å². The summed E-state index contributed by atoms with van der Waals surface area (Å²) in [7, 11) is 0. The molecule has 1 aliphatic heterocycles. The number of nitrogens with one attached hydrogen (secondary N) is 1. The van der Waals surface area contributed by atoms with Gasteiger partial charge in [0.15, 0.2) is 0 Å². The molecule has 0 radical (unpaired) electrons. The van der Waals surface area contributed by atoms with Gasteiger partial charge >= 0.3 is 0 Å². The number of carbonyl (C=O) groups excluding carboxylic acids is 1. The second-order valence-corrected chi connectivity index (χ2v) is 6.77. The predicted octanol–water partition coefficient (Wildman–Crippen LogP) is 3.80. The summed E-state index contributed by atoms with van der Waals surface area (Å²) in [5, 5.41) is 3.71. The first-order valence-electron chi connectivity index (χ1n) is 7.69. The molecule has 3 N–H and O–H groups in total. The molecule has 1 aromatic carbocycles. The molecule has 1 amide bonds. The Balaban J connectivity index is 0.00000264. The van der Waals surface area contributed by atoms with Crippen molar-refractivity contribution in [3.05, 3.63) is 28.2 Å². The number of likely N-dealkylation sites (tertiary alicyclic amines) is 1. The largest absolute Gasteiger partial charge is 0.328 e. The maximum absolute atomic E-state index is 12.1. The van der Waals surface area contributed by atoms with Gasteiger partial charge in [-0.3, -0.25) is 4.79 Å². The molecule has 0 aromatic heterocycles. The molecule has 2 atom stereocenters. The van der Waals surface area contributed by atoms with E-state index in [4.69, 9.17) is 28.9 Å². The molecule has 0 spiro atoms. The van der Waals surface area contributed by atoms with E-state index in [1.165, 1.54) is 6.42 Å². The van der Waals surface area contributed by atoms with E-state index in [1.54, 1.807) is 18.2 Å². The number of anilines is 1. The molecule has 0 saturated carbocycles. The first kappa shape index (κ1) is 20.5. The minimum atomic E-state index is -0.0714. The van der Waals surface area contributed by atoms with Gasteiger partial charge in [0.1, 0.15) is 0 Å². The highest BCUT2D eigenvalue weighted by Crippen LogP contribution is 2.29. The Bertz CT molecular complexity index is 505. The molecule has 1 saturated heterocycles. The van der Waals surface area contributed by atoms with Crippen molar-refractivity contribution < 1.29 is 4.79 Å². The minimum Gasteiger partial charge on any atom is -0.328 e. The summed E-state index contributed by atoms with van der Waals surface area (Å²) in [6.45, 7) is 4.79. The molecule has 2 rings (SSSR count). The van der Waals surface area contributed by atoms with Crippen LogP contribution in [-0.2, 0) is 4.79 Å². The summed E-state index contributed by atoms with van der Waals surface area (Å²) in [6.07, 6.45) is 2.74. The second-order valence-electron chi connectivity index (χ2n) is 5.96. The third kappa shape index (κ3) is 6.12. The zero-order valence-electron chi connectivity index (χ0n) is 13.2. The lowest BCUT2D eigenvalue weighted by Gasteiger charge is -2.34. The number of nitrogens with two attached hydrogens (primary N) is 1. The van der Waals surface area contributed by atoms with Crippen molar-refractivity contribution in [2.45, 2.75) is 32.2 Å². The summed E-state index contributed by atoms with van der Waals surface area (Å²) < 4.78 is 0. The number of hydrogen-bond acceptors (Lipinski definition) is 3. The summed E-state index contributed by atoms with van der Waals surface area (Å²) >= 11 is 12.1. The number of carbonyl (C=O) groups is 1. The molecule has 2 unspecified atom stereocenters. The Morgan fingerprint density at radius 3 is 2.70 bits per heavy atom. The van der Waals surface area contributed by atoms with E-state index in [1.807, 2.05) is 0 Å². The van der Waals surface area contributed by atoms with Gasteiger partial charge in [-0.25, -0.2) is 0 Å². The van der Waals surface area contributed by atoms with Gasteiger partial charge in [-0.15, -0.1) is 12.4 Å². The van der Waals surface area contributed by atoms with Gasteiger partial charge in [0.25, 0.3) is 0 Å². The van der Waals surface area contributed by atoms with Crippen LogP contribution in [0.15, 0.2) is 18.2 Å². The molecule has 7 heteroatoms. The van der Waals surface area contributed by atoms with Crippen LogP contribution in [0.4, 0.5) is 5.69 Å². The summed E-state index contributed by atoms with van der Waals surface area (Å²) in [5.74, 6) is 0.452. The zero-order valence-corrected chi connectivity index (χ0v) is 15.6. The third-order valence-electron chi connectivity index (χ3n) is 4.17. The average Bonchev–Trinajstić information content (AvgIpc) is 2.49. The van der Waals surface area contributed by atoms with E-state index in [2.05, 4.69) is 17.1 Å². The SMILES string of the molecule is CC(N)C1CCCN(CCC(=O)Nc2c(Cl)cccc2Cl)C1.Cl. The van der Waals surface area contributed by atoms with Crippen LogP contribution in [0, 0.1) is 5.92 Å². The molecule has 0 bridgehead atoms. The molecule has 0 aliphatic carbocycles. The predicted molar refractivity (Wildman–Crippen MR) is 99.8 cm³/mol. The molecule has 4 nitrogen and oxygen atoms in total. The number of rotatable bonds is 5. The van der Waals surface area contributed by atoms with Gasteiger partial charge in [-0.2, -0.15) is 0 Å². The number of hydrogen-bond donors (Lipinski definition) is 2. The van der Waals surface area contributed by atoms with Crippen LogP contribution in [0.3, 0.4) is 0 Å². The van der Waals surface area contributed by atoms with Gasteiger partial charge in [-0.05, 0) is 44.4 Å². The Morgan fingerprint density at radius 1 is 1.43 bits per heavy atom. The van der Waals surface area contributed by atoms with Crippen molar-refractivity contribution in [1.29, 1.82) is 0 Å². The maximum atomic E-state index is 12.1. The molecular formula is C16H24Cl3N3O. The fraction of sp³-hybridized carbons (Fsp3) is 0.562. The van der Waals surface area contributed by atoms with Gasteiger partial charge in [0.2, 0.25) is 5.91 Å². The standard InChI is InChI=1S/C16H23Cl2N3O.ClH/c1-11(19)12-4-3-8-21(10-12)9-7-15(22)20-16-13(17)5-2-6-14(16)18;/h2,5-6,11-12H,3-4,7-10,19H2,1H3,(H,20,22);1H. The Hall–Kier alpha value is -0.520. The van der Waals surface area contributed by atoms with Crippen molar-refractivity contribution in [3.8, 4) is 0 Å². The van der Waals surface area contributed by atoms with E-state index in [9.17, 15) is 4.79 Å². The van der Waals surface area contributed by atoms with Crippen molar-refractivity contribution in [2.75, 3.05) is 25.0 Å². The van der Waals surface area contributed by atoms with Crippen LogP contribution in [0.5, 0.6) is 0 Å². The van der Waals surface area contributed by atoms with Crippen LogP contribution < -0.4 is 11.1 Å². The van der Waals surface area contributed by atoms with Crippen LogP contribution in [-0.4, -0.2) is 36.5 Å². The molecule has 1 aromatic rings. The van der Waals surface area contributed by atoms with Crippen molar-refractivity contribution in [3.63, 3.8) is 0 Å². The summed E-state index contributed by atoms with van der Waals surface area (Å²) in [6, 6.07) is 5.38. The third-order valence-corrected chi connectivity index (χ3v) is 4.80. The van der Waals surface area contributed by atoms with Gasteiger partial charge in [0, 0.05) is 25.6 Å². The summed E-state index contributed by atoms with van der Waals surface area (Å²) in [5.41, 5.74) is 6.47. The van der Waals surface area contributed by atoms with Crippen molar-refractivity contribution >= 4 is 47.2 Å². The fourth-order valence-corrected chi connectivity index (χ4v) is 3.29. The van der Waals surface area contributed by atoms with E-state index < -0.39 is 0 Å². The quantitative estimate of drug-likeness (QED) is 0.816. The van der Waals surface area contributed by atoms with Crippen molar-refractivity contribution in [1.82, 2.24) is 4.90 Å². The number of benzene rings is 1. The average molecular weight is 381 g/mol. The lowest BCUT2D eigenvalue weighted by Crippen LogP contribution is -2.43. The molecule has 1 heterocycles. The topological polar surface area (TPSA) is 58.4 Å². The summed E-state index contributed by atoms with van der Waals surface area (Å²) in [4.78, 5) is 14.4. The first-order chi connectivity index (χ1) is 10.5. The van der Waals surface area contributed by atoms with E-state index >= 15 is 0 Å². The molecule has 1 fully saturated rings. The number of nitrogens with zero attached hydrogens (tertiary/aromatic N) is 1. The number of halogens is 3. The van der Waals surface area contributed by atoms with Crippen LogP contribution in [0.25, 0.3) is 0 Å². The Kier molecular flexibility index (Phi) is 8.65. The zero-order chi connectivity index (χ0) is 16.1. The molecule has 1 aliphatic rings. The van der Waals surface area contributed by atoms with Crippen LogP contribution in [0.1, 0.15) is 26.2 Å². The molecule has 23 heavy (non-hydrogen) atoms. The maximum Gasteiger partial charge on any atom is 0.225 e. The highest BCUT2D eigenvalue weighted by Gasteiger charge is 2.22. The number of para-hydroxylation sites is 1.